The predicted molar refractivity (Wildman–Crippen MR) is 77.3 cm³/mol. The van der Waals surface area contributed by atoms with Crippen molar-refractivity contribution >= 4 is 11.6 Å². The largest absolute Gasteiger partial charge is 0.306 e. The number of aryl methyl sites for hydroxylation is 1. The highest BCUT2D eigenvalue weighted by molar-refractivity contribution is 6.05. The molecule has 0 N–H and O–H groups in total. The minimum absolute atomic E-state index is 0.176. The normalized spacial score (nSPS) is 9.80. The smallest absolute Gasteiger partial charge is 0.277 e. The van der Waals surface area contributed by atoms with Gasteiger partial charge in [0.15, 0.2) is 0 Å². The van der Waals surface area contributed by atoms with E-state index in [9.17, 15) is 4.79 Å². The second-order valence-corrected chi connectivity index (χ2v) is 4.37. The van der Waals surface area contributed by atoms with Crippen LogP contribution in [0.5, 0.6) is 0 Å². The summed E-state index contributed by atoms with van der Waals surface area (Å²) in [5.41, 5.74) is 2.03. The molecule has 100 valence electrons. The summed E-state index contributed by atoms with van der Waals surface area (Å²) in [6.07, 6.45) is 1.89. The number of carbonyl (C=O) groups is 1. The van der Waals surface area contributed by atoms with E-state index in [-0.39, 0.29) is 12.3 Å². The van der Waals surface area contributed by atoms with E-state index in [0.717, 1.165) is 11.3 Å². The van der Waals surface area contributed by atoms with Gasteiger partial charge in [-0.25, -0.2) is 0 Å². The number of benzene rings is 1. The van der Waals surface area contributed by atoms with Gasteiger partial charge < -0.3 is 4.90 Å². The van der Waals surface area contributed by atoms with Crippen molar-refractivity contribution in [1.82, 2.24) is 4.98 Å². The maximum atomic E-state index is 12.6. The quantitative estimate of drug-likeness (QED) is 0.854. The van der Waals surface area contributed by atoms with Gasteiger partial charge in [-0.05, 0) is 30.7 Å². The van der Waals surface area contributed by atoms with Crippen LogP contribution in [0.3, 0.4) is 0 Å². The Morgan fingerprint density at radius 3 is 2.65 bits per heavy atom. The lowest BCUT2D eigenvalue weighted by Gasteiger charge is -2.22. The van der Waals surface area contributed by atoms with E-state index in [0.29, 0.717) is 12.2 Å². The van der Waals surface area contributed by atoms with Crippen LogP contribution in [0.15, 0.2) is 48.7 Å². The van der Waals surface area contributed by atoms with E-state index in [4.69, 9.17) is 5.26 Å². The molecule has 0 unspecified atom stereocenters. The van der Waals surface area contributed by atoms with Crippen molar-refractivity contribution in [1.29, 1.82) is 5.26 Å². The van der Waals surface area contributed by atoms with Gasteiger partial charge in [0.1, 0.15) is 5.69 Å². The molecule has 0 spiro atoms. The summed E-state index contributed by atoms with van der Waals surface area (Å²) in [5, 5.41) is 8.77. The van der Waals surface area contributed by atoms with Crippen molar-refractivity contribution in [3.05, 3.63) is 59.9 Å². The third kappa shape index (κ3) is 3.01. The molecule has 2 rings (SSSR count). The number of hydrogen-bond donors (Lipinski definition) is 0. The third-order valence-electron chi connectivity index (χ3n) is 2.97. The highest BCUT2D eigenvalue weighted by Gasteiger charge is 2.19. The molecule has 0 radical (unpaired) electrons. The summed E-state index contributed by atoms with van der Waals surface area (Å²) in [5.74, 6) is -0.176. The van der Waals surface area contributed by atoms with E-state index >= 15 is 0 Å². The second-order valence-electron chi connectivity index (χ2n) is 4.37. The maximum Gasteiger partial charge on any atom is 0.277 e. The van der Waals surface area contributed by atoms with Crippen LogP contribution in [0.4, 0.5) is 5.69 Å². The number of nitrogens with zero attached hydrogens (tertiary/aromatic N) is 3. The van der Waals surface area contributed by atoms with Gasteiger partial charge in [0.25, 0.3) is 5.91 Å². The zero-order valence-electron chi connectivity index (χ0n) is 11.3. The van der Waals surface area contributed by atoms with Crippen molar-refractivity contribution in [3.63, 3.8) is 0 Å². The molecule has 0 aliphatic heterocycles. The van der Waals surface area contributed by atoms with Crippen LogP contribution in [-0.2, 0) is 0 Å². The Morgan fingerprint density at radius 1 is 1.25 bits per heavy atom. The van der Waals surface area contributed by atoms with Crippen LogP contribution in [0, 0.1) is 18.3 Å². The molecule has 0 atom stereocenters. The van der Waals surface area contributed by atoms with Gasteiger partial charge in [0.05, 0.1) is 12.5 Å². The van der Waals surface area contributed by atoms with Crippen molar-refractivity contribution < 1.29 is 4.79 Å². The predicted octanol–water partition coefficient (Wildman–Crippen LogP) is 2.95. The Balaban J connectivity index is 2.35. The molecule has 0 saturated carbocycles. The van der Waals surface area contributed by atoms with E-state index in [1.54, 1.807) is 17.2 Å². The molecule has 20 heavy (non-hydrogen) atoms. The summed E-state index contributed by atoms with van der Waals surface area (Å²) >= 11 is 0. The van der Waals surface area contributed by atoms with E-state index in [2.05, 4.69) is 11.1 Å². The molecule has 2 aromatic rings. The van der Waals surface area contributed by atoms with Crippen LogP contribution < -0.4 is 4.90 Å². The molecule has 1 amide bonds. The SMILES string of the molecule is Cc1cccnc1C(=O)N(CCC#N)c1ccccc1. The Hall–Kier alpha value is -2.67. The van der Waals surface area contributed by atoms with Crippen molar-refractivity contribution in [2.75, 3.05) is 11.4 Å². The van der Waals surface area contributed by atoms with Crippen LogP contribution in [0.1, 0.15) is 22.5 Å². The van der Waals surface area contributed by atoms with Crippen molar-refractivity contribution in [2.24, 2.45) is 0 Å². The van der Waals surface area contributed by atoms with Crippen LogP contribution in [0.25, 0.3) is 0 Å². The minimum atomic E-state index is -0.176. The number of carbonyl (C=O) groups excluding carboxylic acids is 1. The molecule has 4 heteroatoms. The lowest BCUT2D eigenvalue weighted by molar-refractivity contribution is 0.0982. The number of aromatic nitrogens is 1. The first-order chi connectivity index (χ1) is 9.74. The molecule has 0 fully saturated rings. The summed E-state index contributed by atoms with van der Waals surface area (Å²) in [6, 6.07) is 15.1. The third-order valence-corrected chi connectivity index (χ3v) is 2.97. The van der Waals surface area contributed by atoms with E-state index < -0.39 is 0 Å². The van der Waals surface area contributed by atoms with Crippen molar-refractivity contribution in [2.45, 2.75) is 13.3 Å². The average molecular weight is 265 g/mol. The van der Waals surface area contributed by atoms with Crippen LogP contribution in [0.2, 0.25) is 0 Å². The average Bonchev–Trinajstić information content (AvgIpc) is 2.49. The fourth-order valence-electron chi connectivity index (χ4n) is 1.96. The summed E-state index contributed by atoms with van der Waals surface area (Å²) in [7, 11) is 0. The van der Waals surface area contributed by atoms with Crippen molar-refractivity contribution in [3.8, 4) is 6.07 Å². The molecule has 1 heterocycles. The van der Waals surface area contributed by atoms with Gasteiger partial charge in [-0.1, -0.05) is 24.3 Å². The first-order valence-electron chi connectivity index (χ1n) is 6.39. The number of anilines is 1. The molecule has 0 aliphatic carbocycles. The van der Waals surface area contributed by atoms with Gasteiger partial charge in [0, 0.05) is 18.4 Å². The summed E-state index contributed by atoms with van der Waals surface area (Å²) in [4.78, 5) is 18.4. The minimum Gasteiger partial charge on any atom is -0.306 e. The number of amides is 1. The number of nitriles is 1. The Morgan fingerprint density at radius 2 is 2.00 bits per heavy atom. The number of rotatable bonds is 4. The Labute approximate surface area is 118 Å². The molecular formula is C16H15N3O. The highest BCUT2D eigenvalue weighted by Crippen LogP contribution is 2.17. The standard InChI is InChI=1S/C16H15N3O/c1-13-7-5-11-18-15(13)16(20)19(12-6-10-17)14-8-3-2-4-9-14/h2-5,7-9,11H,6,12H2,1H3. The Bertz CT molecular complexity index is 632. The maximum absolute atomic E-state index is 12.6. The fraction of sp³-hybridized carbons (Fsp3) is 0.188. The molecule has 0 bridgehead atoms. The molecular weight excluding hydrogens is 250 g/mol. The summed E-state index contributed by atoms with van der Waals surface area (Å²) < 4.78 is 0. The molecule has 0 saturated heterocycles. The van der Waals surface area contributed by atoms with Gasteiger partial charge in [-0.2, -0.15) is 5.26 Å². The highest BCUT2D eigenvalue weighted by atomic mass is 16.2. The Kier molecular flexibility index (Phi) is 4.46. The summed E-state index contributed by atoms with van der Waals surface area (Å²) in [6.45, 7) is 2.21. The topological polar surface area (TPSA) is 57.0 Å². The number of pyridine rings is 1. The van der Waals surface area contributed by atoms with Crippen LogP contribution in [-0.4, -0.2) is 17.4 Å². The lowest BCUT2D eigenvalue weighted by Crippen LogP contribution is -2.33. The van der Waals surface area contributed by atoms with Gasteiger partial charge in [0.2, 0.25) is 0 Å². The first kappa shape index (κ1) is 13.8. The van der Waals surface area contributed by atoms with Gasteiger partial charge in [-0.3, -0.25) is 9.78 Å². The molecule has 0 aliphatic rings. The van der Waals surface area contributed by atoms with E-state index in [1.165, 1.54) is 0 Å². The van der Waals surface area contributed by atoms with Gasteiger partial charge in [-0.15, -0.1) is 0 Å². The van der Waals surface area contributed by atoms with E-state index in [1.807, 2.05) is 43.3 Å². The number of para-hydroxylation sites is 1. The monoisotopic (exact) mass is 265 g/mol. The number of hydrogen-bond acceptors (Lipinski definition) is 3. The molecule has 1 aromatic heterocycles. The molecule has 1 aromatic carbocycles. The fourth-order valence-corrected chi connectivity index (χ4v) is 1.96. The van der Waals surface area contributed by atoms with Crippen LogP contribution >= 0.6 is 0 Å². The zero-order valence-corrected chi connectivity index (χ0v) is 11.3. The molecule has 4 nitrogen and oxygen atoms in total. The second kappa shape index (κ2) is 6.48. The zero-order chi connectivity index (χ0) is 14.4. The lowest BCUT2D eigenvalue weighted by atomic mass is 10.1. The first-order valence-corrected chi connectivity index (χ1v) is 6.39. The van der Waals surface area contributed by atoms with Gasteiger partial charge >= 0.3 is 0 Å².